The topological polar surface area (TPSA) is 84.5 Å². The first-order valence-electron chi connectivity index (χ1n) is 11.1. The van der Waals surface area contributed by atoms with Crippen LogP contribution in [0.3, 0.4) is 0 Å². The van der Waals surface area contributed by atoms with Crippen molar-refractivity contribution in [3.63, 3.8) is 0 Å². The fraction of sp³-hybridized carbons (Fsp3) is 0.0357. The van der Waals surface area contributed by atoms with Gasteiger partial charge in [0, 0.05) is 27.2 Å². The molecule has 5 aromatic rings. The van der Waals surface area contributed by atoms with Gasteiger partial charge >= 0.3 is 5.63 Å². The molecule has 0 unspecified atom stereocenters. The first kappa shape index (κ1) is 24.8. The lowest BCUT2D eigenvalue weighted by atomic mass is 10.1. The number of carbonyl (C=O) groups is 1. The molecule has 9 heteroatoms. The zero-order valence-corrected chi connectivity index (χ0v) is 21.6. The van der Waals surface area contributed by atoms with E-state index in [-0.39, 0.29) is 10.9 Å². The van der Waals surface area contributed by atoms with E-state index in [0.29, 0.717) is 38.2 Å². The largest absolute Gasteiger partial charge is 0.451 e. The van der Waals surface area contributed by atoms with Crippen LogP contribution in [-0.4, -0.2) is 11.0 Å². The number of hydrogen-bond donors (Lipinski definition) is 2. The number of anilines is 1. The summed E-state index contributed by atoms with van der Waals surface area (Å²) < 4.78 is 11.1. The summed E-state index contributed by atoms with van der Waals surface area (Å²) in [7, 11) is 0. The van der Waals surface area contributed by atoms with Gasteiger partial charge in [0.15, 0.2) is 10.9 Å². The van der Waals surface area contributed by atoms with Crippen molar-refractivity contribution in [3.8, 4) is 22.5 Å². The minimum Gasteiger partial charge on any atom is -0.451 e. The van der Waals surface area contributed by atoms with Gasteiger partial charge in [-0.25, -0.2) is 4.79 Å². The van der Waals surface area contributed by atoms with Crippen LogP contribution in [0.5, 0.6) is 0 Å². The maximum Gasteiger partial charge on any atom is 0.344 e. The van der Waals surface area contributed by atoms with Gasteiger partial charge < -0.3 is 14.2 Å². The fourth-order valence-electron chi connectivity index (χ4n) is 3.75. The van der Waals surface area contributed by atoms with Crippen molar-refractivity contribution in [2.45, 2.75) is 6.92 Å². The minimum absolute atomic E-state index is 0.0513. The Labute approximate surface area is 226 Å². The van der Waals surface area contributed by atoms with Gasteiger partial charge in [0.1, 0.15) is 11.3 Å². The van der Waals surface area contributed by atoms with Crippen molar-refractivity contribution in [3.05, 3.63) is 111 Å². The van der Waals surface area contributed by atoms with Crippen molar-refractivity contribution in [1.82, 2.24) is 5.32 Å². The number of benzene rings is 3. The monoisotopic (exact) mass is 548 g/mol. The Morgan fingerprint density at radius 2 is 1.68 bits per heavy atom. The number of halogens is 2. The maximum absolute atomic E-state index is 12.6. The second kappa shape index (κ2) is 10.2. The molecule has 0 aliphatic rings. The Morgan fingerprint density at radius 1 is 0.865 bits per heavy atom. The Hall–Kier alpha value is -3.91. The van der Waals surface area contributed by atoms with E-state index in [2.05, 4.69) is 10.6 Å². The molecule has 0 aliphatic carbocycles. The lowest BCUT2D eigenvalue weighted by molar-refractivity contribution is 0.0951. The summed E-state index contributed by atoms with van der Waals surface area (Å²) in [4.78, 5) is 25.1. The summed E-state index contributed by atoms with van der Waals surface area (Å²) in [5.74, 6) is 0.0807. The lowest BCUT2D eigenvalue weighted by Crippen LogP contribution is -2.33. The second-order valence-electron chi connectivity index (χ2n) is 8.22. The smallest absolute Gasteiger partial charge is 0.344 e. The van der Waals surface area contributed by atoms with Crippen LogP contribution in [0.15, 0.2) is 92.5 Å². The number of hydrogen-bond acceptors (Lipinski definition) is 5. The van der Waals surface area contributed by atoms with Gasteiger partial charge in [-0.2, -0.15) is 0 Å². The van der Waals surface area contributed by atoms with E-state index < -0.39 is 11.5 Å². The summed E-state index contributed by atoms with van der Waals surface area (Å²) >= 11 is 17.9. The minimum atomic E-state index is -0.515. The van der Waals surface area contributed by atoms with Gasteiger partial charge in [-0.15, -0.1) is 0 Å². The number of carbonyl (C=O) groups excluding carboxylic acids is 1. The third-order valence-electron chi connectivity index (χ3n) is 5.67. The Morgan fingerprint density at radius 3 is 2.46 bits per heavy atom. The van der Waals surface area contributed by atoms with Crippen LogP contribution in [0.2, 0.25) is 10.0 Å². The van der Waals surface area contributed by atoms with Gasteiger partial charge in [0.2, 0.25) is 0 Å². The summed E-state index contributed by atoms with van der Waals surface area (Å²) in [6, 6.07) is 22.7. The molecule has 0 fully saturated rings. The molecule has 3 aromatic carbocycles. The van der Waals surface area contributed by atoms with Gasteiger partial charge in [0.25, 0.3) is 5.91 Å². The van der Waals surface area contributed by atoms with Gasteiger partial charge in [-0.05, 0) is 67.2 Å². The third-order valence-corrected chi connectivity index (χ3v) is 6.60. The quantitative estimate of drug-likeness (QED) is 0.179. The molecule has 2 aromatic heterocycles. The number of amides is 1. The van der Waals surface area contributed by atoms with Gasteiger partial charge in [-0.3, -0.25) is 10.1 Å². The molecule has 0 radical (unpaired) electrons. The highest BCUT2D eigenvalue weighted by atomic mass is 35.5. The average Bonchev–Trinajstić information content (AvgIpc) is 3.36. The van der Waals surface area contributed by atoms with Crippen LogP contribution in [0.4, 0.5) is 5.69 Å². The first-order valence-corrected chi connectivity index (χ1v) is 12.3. The van der Waals surface area contributed by atoms with E-state index in [1.807, 2.05) is 31.2 Å². The third kappa shape index (κ3) is 5.29. The second-order valence-corrected chi connectivity index (χ2v) is 9.44. The van der Waals surface area contributed by atoms with Crippen LogP contribution in [0.25, 0.3) is 33.4 Å². The fourth-order valence-corrected chi connectivity index (χ4v) is 4.42. The molecule has 0 saturated heterocycles. The van der Waals surface area contributed by atoms with E-state index in [9.17, 15) is 9.59 Å². The Balaban J connectivity index is 1.28. The molecule has 184 valence electrons. The normalized spacial score (nSPS) is 10.9. The number of aryl methyl sites for hydroxylation is 1. The molecule has 2 N–H and O–H groups in total. The molecule has 0 atom stereocenters. The summed E-state index contributed by atoms with van der Waals surface area (Å²) in [5, 5.41) is 7.25. The van der Waals surface area contributed by atoms with Crippen molar-refractivity contribution < 1.29 is 13.6 Å². The molecule has 2 heterocycles. The van der Waals surface area contributed by atoms with Gasteiger partial charge in [0.05, 0.1) is 10.6 Å². The standard InChI is InChI=1S/C28H18Cl2N2O4S/c1-15-6-7-17(13-21(15)29)24-10-11-25(35-24)26(33)32-28(37)31-18-8-9-19(22(30)14-18)20-12-16-4-2-3-5-23(16)36-27(20)34/h2-14H,1H3,(H2,31,32,33,37). The van der Waals surface area contributed by atoms with E-state index >= 15 is 0 Å². The molecule has 37 heavy (non-hydrogen) atoms. The number of furan rings is 1. The molecule has 5 rings (SSSR count). The Kier molecular flexibility index (Phi) is 6.84. The highest BCUT2D eigenvalue weighted by Crippen LogP contribution is 2.30. The predicted molar refractivity (Wildman–Crippen MR) is 151 cm³/mol. The molecular weight excluding hydrogens is 531 g/mol. The van der Waals surface area contributed by atoms with E-state index in [1.54, 1.807) is 54.6 Å². The first-order chi connectivity index (χ1) is 17.8. The Bertz CT molecular complexity index is 1740. The number of rotatable bonds is 4. The summed E-state index contributed by atoms with van der Waals surface area (Å²) in [6.07, 6.45) is 0. The predicted octanol–water partition coefficient (Wildman–Crippen LogP) is 7.46. The van der Waals surface area contributed by atoms with Crippen molar-refractivity contribution in [1.29, 1.82) is 0 Å². The molecule has 0 bridgehead atoms. The van der Waals surface area contributed by atoms with Crippen molar-refractivity contribution >= 4 is 63.1 Å². The SMILES string of the molecule is Cc1ccc(-c2ccc(C(=O)NC(=S)Nc3ccc(-c4cc5ccccc5oc4=O)c(Cl)c3)o2)cc1Cl. The number of thiocarbonyl (C=S) groups is 1. The molecule has 0 aliphatic heterocycles. The highest BCUT2D eigenvalue weighted by Gasteiger charge is 2.16. The number of para-hydroxylation sites is 1. The zero-order valence-electron chi connectivity index (χ0n) is 19.3. The summed E-state index contributed by atoms with van der Waals surface area (Å²) in [5.41, 5.74) is 3.09. The van der Waals surface area contributed by atoms with Crippen LogP contribution in [0, 0.1) is 6.92 Å². The average molecular weight is 549 g/mol. The van der Waals surface area contributed by atoms with Crippen LogP contribution in [-0.2, 0) is 0 Å². The van der Waals surface area contributed by atoms with E-state index in [0.717, 1.165) is 16.5 Å². The zero-order chi connectivity index (χ0) is 26.1. The van der Waals surface area contributed by atoms with Crippen molar-refractivity contribution in [2.75, 3.05) is 5.32 Å². The summed E-state index contributed by atoms with van der Waals surface area (Å²) in [6.45, 7) is 1.90. The molecular formula is C28H18Cl2N2O4S. The molecule has 0 spiro atoms. The molecule has 0 saturated carbocycles. The number of fused-ring (bicyclic) bond motifs is 1. The van der Waals surface area contributed by atoms with Crippen molar-refractivity contribution in [2.24, 2.45) is 0 Å². The maximum atomic E-state index is 12.6. The van der Waals surface area contributed by atoms with Crippen LogP contribution in [0.1, 0.15) is 16.1 Å². The van der Waals surface area contributed by atoms with Gasteiger partial charge in [-0.1, -0.05) is 59.6 Å². The van der Waals surface area contributed by atoms with Crippen LogP contribution >= 0.6 is 35.4 Å². The molecule has 1 amide bonds. The van der Waals surface area contributed by atoms with E-state index in [4.69, 9.17) is 44.3 Å². The number of nitrogens with one attached hydrogen (secondary N) is 2. The highest BCUT2D eigenvalue weighted by molar-refractivity contribution is 7.80. The van der Waals surface area contributed by atoms with Crippen LogP contribution < -0.4 is 16.3 Å². The van der Waals surface area contributed by atoms with E-state index in [1.165, 1.54) is 0 Å². The molecule has 6 nitrogen and oxygen atoms in total. The lowest BCUT2D eigenvalue weighted by Gasteiger charge is -2.11.